The third-order valence-corrected chi connectivity index (χ3v) is 3.12. The number of hydrogen-bond acceptors (Lipinski definition) is 4. The number of benzene rings is 2. The van der Waals surface area contributed by atoms with Crippen LogP contribution in [0.3, 0.4) is 0 Å². The quantitative estimate of drug-likeness (QED) is 0.360. The molecule has 0 saturated heterocycles. The van der Waals surface area contributed by atoms with Crippen LogP contribution >= 0.6 is 0 Å². The molecule has 0 bridgehead atoms. The first-order valence-electron chi connectivity index (χ1n) is 4.23. The van der Waals surface area contributed by atoms with E-state index in [1.54, 1.807) is 30.3 Å². The van der Waals surface area contributed by atoms with E-state index in [2.05, 4.69) is 0 Å². The number of nitrogen functional groups attached to an aromatic ring is 1. The Hall–Kier alpha value is -0.993. The van der Waals surface area contributed by atoms with E-state index < -0.39 is 10.1 Å². The van der Waals surface area contributed by atoms with Gasteiger partial charge in [0.05, 0.1) is 4.90 Å². The van der Waals surface area contributed by atoms with Crippen molar-refractivity contribution in [2.24, 2.45) is 0 Å². The summed E-state index contributed by atoms with van der Waals surface area (Å²) in [5.74, 6) is 0. The van der Waals surface area contributed by atoms with E-state index in [1.807, 2.05) is 0 Å². The molecule has 0 aliphatic heterocycles. The second-order valence-corrected chi connectivity index (χ2v) is 4.48. The van der Waals surface area contributed by atoms with Crippen molar-refractivity contribution < 1.29 is 31.8 Å². The number of nitrogens with two attached hydrogens (primary N) is 1. The Balaban J connectivity index is 0.00000128. The van der Waals surface area contributed by atoms with Crippen molar-refractivity contribution >= 4 is 26.6 Å². The summed E-state index contributed by atoms with van der Waals surface area (Å²) in [4.78, 5) is -0.333. The standard InChI is InChI=1S/C10H9NO3S.Li/c11-9-6-5-7-3-1-2-4-8(7)10(9)15(12,13)14;/h1-6H,11H2,(H,12,13,14);/q;+1/p-1. The predicted octanol–water partition coefficient (Wildman–Crippen LogP) is -1.67. The van der Waals surface area contributed by atoms with Crippen molar-refractivity contribution in [1.82, 2.24) is 0 Å². The molecule has 0 amide bonds. The molecule has 0 fully saturated rings. The second-order valence-electron chi connectivity index (χ2n) is 3.16. The van der Waals surface area contributed by atoms with E-state index in [0.717, 1.165) is 0 Å². The molecule has 2 aromatic rings. The van der Waals surface area contributed by atoms with Crippen LogP contribution in [0.1, 0.15) is 0 Å². The third-order valence-electron chi connectivity index (χ3n) is 2.16. The molecule has 0 saturated carbocycles. The molecule has 0 spiro atoms. The Morgan fingerprint density at radius 1 is 1.06 bits per heavy atom. The van der Waals surface area contributed by atoms with Crippen molar-refractivity contribution in [3.8, 4) is 0 Å². The van der Waals surface area contributed by atoms with Crippen molar-refractivity contribution in [3.63, 3.8) is 0 Å². The van der Waals surface area contributed by atoms with Gasteiger partial charge in [0.2, 0.25) is 0 Å². The molecule has 0 aliphatic rings. The molecule has 16 heavy (non-hydrogen) atoms. The van der Waals surface area contributed by atoms with Crippen molar-refractivity contribution in [3.05, 3.63) is 36.4 Å². The van der Waals surface area contributed by atoms with Gasteiger partial charge in [-0.3, -0.25) is 0 Å². The fourth-order valence-corrected chi connectivity index (χ4v) is 2.35. The Morgan fingerprint density at radius 2 is 1.69 bits per heavy atom. The molecule has 4 nitrogen and oxygen atoms in total. The maximum atomic E-state index is 11.0. The Kier molecular flexibility index (Phi) is 3.66. The van der Waals surface area contributed by atoms with Gasteiger partial charge in [0.1, 0.15) is 10.1 Å². The molecule has 0 atom stereocenters. The maximum Gasteiger partial charge on any atom is 1.00 e. The fraction of sp³-hybridized carbons (Fsp3) is 0. The zero-order chi connectivity index (χ0) is 11.1. The summed E-state index contributed by atoms with van der Waals surface area (Å²) in [6.45, 7) is 0. The minimum Gasteiger partial charge on any atom is -0.744 e. The normalized spacial score (nSPS) is 11.1. The van der Waals surface area contributed by atoms with Crippen LogP contribution in [0.5, 0.6) is 0 Å². The Morgan fingerprint density at radius 3 is 2.31 bits per heavy atom. The topological polar surface area (TPSA) is 83.2 Å². The van der Waals surface area contributed by atoms with Gasteiger partial charge >= 0.3 is 18.9 Å². The first-order valence-corrected chi connectivity index (χ1v) is 5.64. The summed E-state index contributed by atoms with van der Waals surface area (Å²) in [7, 11) is -4.54. The predicted molar refractivity (Wildman–Crippen MR) is 56.3 cm³/mol. The van der Waals surface area contributed by atoms with Gasteiger partial charge in [-0.25, -0.2) is 8.42 Å². The maximum absolute atomic E-state index is 11.0. The number of hydrogen-bond donors (Lipinski definition) is 1. The van der Waals surface area contributed by atoms with Crippen LogP contribution in [0, 0.1) is 0 Å². The molecular weight excluding hydrogens is 221 g/mol. The minimum atomic E-state index is -4.54. The summed E-state index contributed by atoms with van der Waals surface area (Å²) in [5.41, 5.74) is 5.48. The molecule has 6 heteroatoms. The van der Waals surface area contributed by atoms with Gasteiger partial charge in [-0.15, -0.1) is 0 Å². The Labute approximate surface area is 105 Å². The molecule has 0 aliphatic carbocycles. The number of rotatable bonds is 1. The van der Waals surface area contributed by atoms with E-state index in [0.29, 0.717) is 10.8 Å². The van der Waals surface area contributed by atoms with E-state index >= 15 is 0 Å². The molecule has 0 radical (unpaired) electrons. The SMILES string of the molecule is Nc1ccc2ccccc2c1S(=O)(=O)[O-].[Li+]. The van der Waals surface area contributed by atoms with Crippen LogP contribution in [0.4, 0.5) is 5.69 Å². The largest absolute Gasteiger partial charge is 1.00 e. The summed E-state index contributed by atoms with van der Waals surface area (Å²) in [6.07, 6.45) is 0. The number of fused-ring (bicyclic) bond motifs is 1. The van der Waals surface area contributed by atoms with Crippen LogP contribution in [0.25, 0.3) is 10.8 Å². The first-order chi connectivity index (χ1) is 7.00. The van der Waals surface area contributed by atoms with Gasteiger partial charge in [0.15, 0.2) is 0 Å². The zero-order valence-corrected chi connectivity index (χ0v) is 9.49. The minimum absolute atomic E-state index is 0. The van der Waals surface area contributed by atoms with Gasteiger partial charge in [-0.2, -0.15) is 0 Å². The summed E-state index contributed by atoms with van der Waals surface area (Å²) >= 11 is 0. The summed E-state index contributed by atoms with van der Waals surface area (Å²) in [6, 6.07) is 9.82. The van der Waals surface area contributed by atoms with Gasteiger partial charge in [0.25, 0.3) is 0 Å². The van der Waals surface area contributed by atoms with Crippen molar-refractivity contribution in [2.45, 2.75) is 4.90 Å². The molecule has 0 unspecified atom stereocenters. The van der Waals surface area contributed by atoms with Gasteiger partial charge in [0, 0.05) is 11.1 Å². The van der Waals surface area contributed by atoms with Crippen LogP contribution in [-0.2, 0) is 10.1 Å². The molecular formula is C10H8LiNO3S. The molecule has 0 heterocycles. The van der Waals surface area contributed by atoms with E-state index in [1.165, 1.54) is 6.07 Å². The molecule has 78 valence electrons. The van der Waals surface area contributed by atoms with Gasteiger partial charge < -0.3 is 10.3 Å². The summed E-state index contributed by atoms with van der Waals surface area (Å²) in [5, 5.41) is 1.05. The average molecular weight is 229 g/mol. The fourth-order valence-electron chi connectivity index (χ4n) is 1.54. The zero-order valence-electron chi connectivity index (χ0n) is 8.67. The first kappa shape index (κ1) is 13.1. The molecule has 2 aromatic carbocycles. The smallest absolute Gasteiger partial charge is 0.744 e. The van der Waals surface area contributed by atoms with Crippen LogP contribution < -0.4 is 24.6 Å². The summed E-state index contributed by atoms with van der Waals surface area (Å²) < 4.78 is 33.1. The monoisotopic (exact) mass is 229 g/mol. The van der Waals surface area contributed by atoms with Crippen LogP contribution in [0.15, 0.2) is 41.3 Å². The molecule has 2 rings (SSSR count). The molecule has 2 N–H and O–H groups in total. The Bertz CT molecular complexity index is 625. The number of anilines is 1. The van der Waals surface area contributed by atoms with Crippen molar-refractivity contribution in [2.75, 3.05) is 5.73 Å². The third kappa shape index (κ3) is 2.23. The average Bonchev–Trinajstić information content (AvgIpc) is 2.15. The second kappa shape index (κ2) is 4.48. The van der Waals surface area contributed by atoms with Crippen LogP contribution in [-0.4, -0.2) is 13.0 Å². The van der Waals surface area contributed by atoms with Gasteiger partial charge in [-0.05, 0) is 11.5 Å². The van der Waals surface area contributed by atoms with E-state index in [-0.39, 0.29) is 29.4 Å². The molecule has 0 aromatic heterocycles. The van der Waals surface area contributed by atoms with Crippen LogP contribution in [0.2, 0.25) is 0 Å². The van der Waals surface area contributed by atoms with E-state index in [9.17, 15) is 13.0 Å². The van der Waals surface area contributed by atoms with E-state index in [4.69, 9.17) is 5.73 Å². The van der Waals surface area contributed by atoms with Crippen molar-refractivity contribution in [1.29, 1.82) is 0 Å². The van der Waals surface area contributed by atoms with Gasteiger partial charge in [-0.1, -0.05) is 30.3 Å².